The van der Waals surface area contributed by atoms with Crippen LogP contribution in [0.25, 0.3) is 0 Å². The molecule has 1 aliphatic rings. The van der Waals surface area contributed by atoms with Crippen molar-refractivity contribution in [2.45, 2.75) is 11.7 Å². The minimum Gasteiger partial charge on any atom is -0.508 e. The van der Waals surface area contributed by atoms with Crippen molar-refractivity contribution in [3.05, 3.63) is 83.7 Å². The predicted molar refractivity (Wildman–Crippen MR) is 143 cm³/mol. The molecule has 12 heteroatoms. The molecule has 0 bridgehead atoms. The molecule has 1 amide bonds. The van der Waals surface area contributed by atoms with Gasteiger partial charge in [-0.25, -0.2) is 9.18 Å². The fourth-order valence-corrected chi connectivity index (χ4v) is 4.69. The van der Waals surface area contributed by atoms with Gasteiger partial charge in [-0.2, -0.15) is 5.10 Å². The van der Waals surface area contributed by atoms with Gasteiger partial charge in [0.15, 0.2) is 29.1 Å². The van der Waals surface area contributed by atoms with Crippen molar-refractivity contribution in [1.82, 2.24) is 0 Å². The van der Waals surface area contributed by atoms with Gasteiger partial charge in [-0.05, 0) is 72.3 Å². The summed E-state index contributed by atoms with van der Waals surface area (Å²) in [6, 6.07) is 15.8. The third kappa shape index (κ3) is 6.79. The van der Waals surface area contributed by atoms with E-state index in [4.69, 9.17) is 14.6 Å². The standard InChI is InChI=1S/C27H22FN3O7S/c1-37-23-12-16(2-11-22(23)38-15-25(34)35)14-29-30-27-31(19-7-9-20(32)10-8-19)26(36)24(39-27)13-21(33)17-3-5-18(28)6-4-17/h2-12,14,24,32H,13,15H2,1H3,(H,34,35)/b29-14+,30-27+. The number of carboxylic acid groups (broad SMARTS) is 1. The van der Waals surface area contributed by atoms with Gasteiger partial charge in [-0.1, -0.05) is 11.8 Å². The van der Waals surface area contributed by atoms with Crippen molar-refractivity contribution >= 4 is 46.5 Å². The van der Waals surface area contributed by atoms with E-state index in [1.807, 2.05) is 0 Å². The summed E-state index contributed by atoms with van der Waals surface area (Å²) in [7, 11) is 1.41. The topological polar surface area (TPSA) is 138 Å². The summed E-state index contributed by atoms with van der Waals surface area (Å²) in [4.78, 5) is 38.1. The zero-order valence-corrected chi connectivity index (χ0v) is 21.3. The Bertz CT molecular complexity index is 1440. The van der Waals surface area contributed by atoms with Crippen molar-refractivity contribution in [3.63, 3.8) is 0 Å². The van der Waals surface area contributed by atoms with Gasteiger partial charge in [-0.3, -0.25) is 14.5 Å². The molecule has 2 N–H and O–H groups in total. The number of ether oxygens (including phenoxy) is 2. The Balaban J connectivity index is 1.57. The number of methoxy groups -OCH3 is 1. The first kappa shape index (κ1) is 27.3. The maximum Gasteiger partial charge on any atom is 0.341 e. The lowest BCUT2D eigenvalue weighted by atomic mass is 10.1. The Morgan fingerprint density at radius 1 is 1.08 bits per heavy atom. The molecule has 0 saturated carbocycles. The van der Waals surface area contributed by atoms with Gasteiger partial charge in [0.1, 0.15) is 11.6 Å². The van der Waals surface area contributed by atoms with Crippen LogP contribution in [0, 0.1) is 5.82 Å². The van der Waals surface area contributed by atoms with Crippen LogP contribution in [0.1, 0.15) is 22.3 Å². The molecular weight excluding hydrogens is 529 g/mol. The molecule has 39 heavy (non-hydrogen) atoms. The zero-order valence-electron chi connectivity index (χ0n) is 20.5. The molecule has 200 valence electrons. The van der Waals surface area contributed by atoms with Crippen LogP contribution in [0.2, 0.25) is 0 Å². The van der Waals surface area contributed by atoms with Gasteiger partial charge in [0.05, 0.1) is 24.3 Å². The number of thioether (sulfide) groups is 1. The largest absolute Gasteiger partial charge is 0.508 e. The maximum atomic E-state index is 13.3. The van der Waals surface area contributed by atoms with E-state index in [1.54, 1.807) is 12.1 Å². The Hall–Kier alpha value is -4.71. The number of nitrogens with zero attached hydrogens (tertiary/aromatic N) is 3. The molecule has 0 aliphatic carbocycles. The van der Waals surface area contributed by atoms with Crippen LogP contribution >= 0.6 is 11.8 Å². The maximum absolute atomic E-state index is 13.3. The van der Waals surface area contributed by atoms with Crippen LogP contribution in [-0.2, 0) is 9.59 Å². The predicted octanol–water partition coefficient (Wildman–Crippen LogP) is 4.11. The summed E-state index contributed by atoms with van der Waals surface area (Å²) in [5.41, 5.74) is 1.28. The molecule has 3 aromatic carbocycles. The van der Waals surface area contributed by atoms with Crippen molar-refractivity contribution in [1.29, 1.82) is 0 Å². The van der Waals surface area contributed by atoms with Gasteiger partial charge in [0.25, 0.3) is 0 Å². The Kier molecular flexibility index (Phi) is 8.56. The minimum atomic E-state index is -1.13. The molecular formula is C27H22FN3O7S. The average molecular weight is 552 g/mol. The van der Waals surface area contributed by atoms with E-state index in [0.717, 1.165) is 11.8 Å². The van der Waals surface area contributed by atoms with E-state index in [-0.39, 0.29) is 34.4 Å². The SMILES string of the molecule is COc1cc(/C=N/N=C2/SC(CC(=O)c3ccc(F)cc3)C(=O)N2c2ccc(O)cc2)ccc1OCC(=O)O. The van der Waals surface area contributed by atoms with E-state index in [2.05, 4.69) is 10.2 Å². The Morgan fingerprint density at radius 2 is 1.79 bits per heavy atom. The second-order valence-electron chi connectivity index (χ2n) is 8.15. The molecule has 1 fully saturated rings. The summed E-state index contributed by atoms with van der Waals surface area (Å²) in [6.45, 7) is -0.527. The van der Waals surface area contributed by atoms with Gasteiger partial charge in [0.2, 0.25) is 5.91 Å². The van der Waals surface area contributed by atoms with Gasteiger partial charge >= 0.3 is 5.97 Å². The lowest BCUT2D eigenvalue weighted by molar-refractivity contribution is -0.139. The number of benzene rings is 3. The number of carboxylic acids is 1. The fraction of sp³-hybridized carbons (Fsp3) is 0.148. The van der Waals surface area contributed by atoms with E-state index >= 15 is 0 Å². The minimum absolute atomic E-state index is 0.0160. The smallest absolute Gasteiger partial charge is 0.341 e. The first-order chi connectivity index (χ1) is 18.7. The van der Waals surface area contributed by atoms with Crippen LogP contribution in [0.3, 0.4) is 0 Å². The number of hydrogen-bond acceptors (Lipinski definition) is 9. The van der Waals surface area contributed by atoms with Crippen molar-refractivity contribution in [2.75, 3.05) is 18.6 Å². The number of halogens is 1. The lowest BCUT2D eigenvalue weighted by Crippen LogP contribution is -2.32. The first-order valence-corrected chi connectivity index (χ1v) is 12.3. The third-order valence-electron chi connectivity index (χ3n) is 5.47. The van der Waals surface area contributed by atoms with Gasteiger partial charge in [0, 0.05) is 12.0 Å². The van der Waals surface area contributed by atoms with Gasteiger partial charge < -0.3 is 19.7 Å². The summed E-state index contributed by atoms with van der Waals surface area (Å²) in [5, 5.41) is 26.2. The third-order valence-corrected chi connectivity index (χ3v) is 6.60. The number of aliphatic carboxylic acids is 1. The molecule has 10 nitrogen and oxygen atoms in total. The van der Waals surface area contributed by atoms with E-state index in [1.165, 1.54) is 72.8 Å². The number of amides is 1. The van der Waals surface area contributed by atoms with E-state index in [9.17, 15) is 23.9 Å². The molecule has 1 atom stereocenters. The Morgan fingerprint density at radius 3 is 2.46 bits per heavy atom. The summed E-state index contributed by atoms with van der Waals surface area (Å²) in [6.07, 6.45) is 1.27. The molecule has 0 spiro atoms. The fourth-order valence-electron chi connectivity index (χ4n) is 3.60. The van der Waals surface area contributed by atoms with E-state index in [0.29, 0.717) is 17.0 Å². The summed E-state index contributed by atoms with van der Waals surface area (Å²) in [5.74, 6) is -1.76. The van der Waals surface area contributed by atoms with Crippen LogP contribution < -0.4 is 14.4 Å². The number of aromatic hydroxyl groups is 1. The monoisotopic (exact) mass is 551 g/mol. The molecule has 0 radical (unpaired) electrons. The average Bonchev–Trinajstić information content (AvgIpc) is 3.22. The molecule has 0 aromatic heterocycles. The quantitative estimate of drug-likeness (QED) is 0.218. The van der Waals surface area contributed by atoms with Crippen LogP contribution in [0.4, 0.5) is 10.1 Å². The summed E-state index contributed by atoms with van der Waals surface area (Å²) >= 11 is 1.06. The number of anilines is 1. The highest BCUT2D eigenvalue weighted by molar-refractivity contribution is 8.16. The second kappa shape index (κ2) is 12.2. The highest BCUT2D eigenvalue weighted by Crippen LogP contribution is 2.35. The molecule has 3 aromatic rings. The number of rotatable bonds is 10. The van der Waals surface area contributed by atoms with Crippen molar-refractivity contribution < 1.29 is 38.5 Å². The first-order valence-electron chi connectivity index (χ1n) is 11.5. The number of phenolic OH excluding ortho intramolecular Hbond substituents is 1. The normalized spacial score (nSPS) is 16.2. The summed E-state index contributed by atoms with van der Waals surface area (Å²) < 4.78 is 23.7. The van der Waals surface area contributed by atoms with Crippen molar-refractivity contribution in [3.8, 4) is 17.2 Å². The van der Waals surface area contributed by atoms with Crippen molar-refractivity contribution in [2.24, 2.45) is 10.2 Å². The molecule has 1 aliphatic heterocycles. The number of ketones is 1. The molecule has 4 rings (SSSR count). The molecule has 1 heterocycles. The number of Topliss-reactive ketones (excluding diaryl/α,β-unsaturated/α-hetero) is 1. The van der Waals surface area contributed by atoms with Crippen LogP contribution in [0.5, 0.6) is 17.2 Å². The highest BCUT2D eigenvalue weighted by Gasteiger charge is 2.40. The Labute approximate surface area is 226 Å². The second-order valence-corrected chi connectivity index (χ2v) is 9.32. The zero-order chi connectivity index (χ0) is 27.9. The van der Waals surface area contributed by atoms with Crippen LogP contribution in [0.15, 0.2) is 76.9 Å². The number of carbonyl (C=O) groups excluding carboxylic acids is 2. The van der Waals surface area contributed by atoms with Gasteiger partial charge in [-0.15, -0.1) is 5.10 Å². The molecule has 1 unspecified atom stereocenters. The number of carbonyl (C=O) groups is 3. The molecule has 1 saturated heterocycles. The highest BCUT2D eigenvalue weighted by atomic mass is 32.2. The van der Waals surface area contributed by atoms with Crippen LogP contribution in [-0.4, -0.2) is 58.2 Å². The number of hydrogen-bond donors (Lipinski definition) is 2. The number of phenols is 1. The lowest BCUT2D eigenvalue weighted by Gasteiger charge is -2.15. The number of amidine groups is 1. The van der Waals surface area contributed by atoms with E-state index < -0.39 is 29.6 Å².